The average molecular weight is 415 g/mol. The van der Waals surface area contributed by atoms with E-state index in [-0.39, 0.29) is 23.8 Å². The maximum absolute atomic E-state index is 14.0. The van der Waals surface area contributed by atoms with Crippen LogP contribution in [0.2, 0.25) is 0 Å². The molecule has 8 nitrogen and oxygen atoms in total. The molecule has 2 aromatic heterocycles. The molecular formula is C21H26FN5O3. The predicted molar refractivity (Wildman–Crippen MR) is 106 cm³/mol. The van der Waals surface area contributed by atoms with E-state index in [1.54, 1.807) is 6.20 Å². The Kier molecular flexibility index (Phi) is 4.72. The van der Waals surface area contributed by atoms with Gasteiger partial charge in [0.25, 0.3) is 5.89 Å². The maximum Gasteiger partial charge on any atom is 0.264 e. The van der Waals surface area contributed by atoms with Crippen LogP contribution < -0.4 is 4.90 Å². The molecule has 0 saturated carbocycles. The van der Waals surface area contributed by atoms with Gasteiger partial charge in [-0.3, -0.25) is 4.79 Å². The molecule has 2 bridgehead atoms. The summed E-state index contributed by atoms with van der Waals surface area (Å²) in [6, 6.07) is 4.34. The van der Waals surface area contributed by atoms with E-state index in [1.807, 2.05) is 12.1 Å². The van der Waals surface area contributed by atoms with Crippen LogP contribution in [0.5, 0.6) is 0 Å². The molecular weight excluding hydrogens is 389 g/mol. The Labute approximate surface area is 174 Å². The van der Waals surface area contributed by atoms with Crippen molar-refractivity contribution in [2.45, 2.75) is 50.9 Å². The van der Waals surface area contributed by atoms with Gasteiger partial charge in [-0.25, -0.2) is 9.37 Å². The zero-order valence-electron chi connectivity index (χ0n) is 17.3. The molecule has 1 amide bonds. The number of alkyl halides is 1. The van der Waals surface area contributed by atoms with Gasteiger partial charge in [-0.15, -0.1) is 0 Å². The molecule has 3 fully saturated rings. The van der Waals surface area contributed by atoms with Crippen LogP contribution in [-0.2, 0) is 15.2 Å². The van der Waals surface area contributed by atoms with Gasteiger partial charge >= 0.3 is 0 Å². The van der Waals surface area contributed by atoms with Crippen molar-refractivity contribution in [1.29, 1.82) is 0 Å². The average Bonchev–Trinajstić information content (AvgIpc) is 3.49. The van der Waals surface area contributed by atoms with Crippen LogP contribution in [0.1, 0.15) is 39.0 Å². The fraction of sp³-hybridized carbons (Fsp3) is 0.619. The second-order valence-electron chi connectivity index (χ2n) is 8.87. The first kappa shape index (κ1) is 19.4. The third-order valence-corrected chi connectivity index (χ3v) is 6.33. The second kappa shape index (κ2) is 7.30. The van der Waals surface area contributed by atoms with E-state index in [0.717, 1.165) is 38.2 Å². The molecule has 0 spiro atoms. The molecule has 2 atom stereocenters. The van der Waals surface area contributed by atoms with E-state index >= 15 is 0 Å². The van der Waals surface area contributed by atoms with Crippen molar-refractivity contribution in [3.8, 4) is 11.4 Å². The van der Waals surface area contributed by atoms with Gasteiger partial charge in [0.2, 0.25) is 11.7 Å². The number of ether oxygens (including phenoxy) is 1. The van der Waals surface area contributed by atoms with Gasteiger partial charge in [-0.2, -0.15) is 4.98 Å². The number of hydrogen-bond donors (Lipinski definition) is 0. The number of aromatic nitrogens is 3. The third-order valence-electron chi connectivity index (χ3n) is 6.33. The molecule has 30 heavy (non-hydrogen) atoms. The van der Waals surface area contributed by atoms with Gasteiger partial charge in [0.1, 0.15) is 5.82 Å². The standard InChI is InChI=1S/C21H26FN5O3/c1-21(2,22)20-24-18(25-30-20)14-3-4-17(23-10-14)26-11-16-9-15(26)12-27(16)19(28)13-5-7-29-8-6-13/h3-4,10,13,15-16H,5-9,11-12H2,1-2H3. The highest BCUT2D eigenvalue weighted by Crippen LogP contribution is 2.36. The zero-order valence-corrected chi connectivity index (χ0v) is 17.3. The zero-order chi connectivity index (χ0) is 20.9. The largest absolute Gasteiger partial charge is 0.381 e. The number of fused-ring (bicyclic) bond motifs is 2. The molecule has 0 aliphatic carbocycles. The minimum Gasteiger partial charge on any atom is -0.381 e. The van der Waals surface area contributed by atoms with E-state index in [1.165, 1.54) is 13.8 Å². The number of hydrogen-bond acceptors (Lipinski definition) is 7. The fourth-order valence-corrected chi connectivity index (χ4v) is 4.67. The van der Waals surface area contributed by atoms with Crippen LogP contribution >= 0.6 is 0 Å². The smallest absolute Gasteiger partial charge is 0.264 e. The van der Waals surface area contributed by atoms with Gasteiger partial charge in [-0.05, 0) is 45.2 Å². The van der Waals surface area contributed by atoms with Gasteiger partial charge < -0.3 is 19.1 Å². The van der Waals surface area contributed by atoms with Crippen molar-refractivity contribution >= 4 is 11.7 Å². The van der Waals surface area contributed by atoms with E-state index in [2.05, 4.69) is 24.9 Å². The summed E-state index contributed by atoms with van der Waals surface area (Å²) < 4.78 is 24.4. The Morgan fingerprint density at radius 3 is 2.60 bits per heavy atom. The van der Waals surface area contributed by atoms with Crippen LogP contribution in [0, 0.1) is 5.92 Å². The van der Waals surface area contributed by atoms with E-state index in [0.29, 0.717) is 30.6 Å². The van der Waals surface area contributed by atoms with Crippen molar-refractivity contribution in [2.75, 3.05) is 31.2 Å². The molecule has 0 aromatic carbocycles. The quantitative estimate of drug-likeness (QED) is 0.759. The summed E-state index contributed by atoms with van der Waals surface area (Å²) in [4.78, 5) is 25.9. The molecule has 3 aliphatic rings. The normalized spacial score (nSPS) is 24.6. The monoisotopic (exact) mass is 415 g/mol. The molecule has 2 unspecified atom stereocenters. The lowest BCUT2D eigenvalue weighted by Crippen LogP contribution is -2.51. The highest BCUT2D eigenvalue weighted by atomic mass is 19.1. The molecule has 9 heteroatoms. The first-order valence-electron chi connectivity index (χ1n) is 10.5. The lowest BCUT2D eigenvalue weighted by atomic mass is 9.98. The van der Waals surface area contributed by atoms with E-state index < -0.39 is 5.67 Å². The molecule has 3 aliphatic heterocycles. The maximum atomic E-state index is 14.0. The highest BCUT2D eigenvalue weighted by molar-refractivity contribution is 5.80. The van der Waals surface area contributed by atoms with Crippen molar-refractivity contribution in [2.24, 2.45) is 5.92 Å². The minimum atomic E-state index is -1.68. The Bertz CT molecular complexity index is 919. The first-order valence-corrected chi connectivity index (χ1v) is 10.5. The van der Waals surface area contributed by atoms with Crippen LogP contribution in [0.3, 0.4) is 0 Å². The van der Waals surface area contributed by atoms with Crippen LogP contribution in [0.15, 0.2) is 22.9 Å². The number of halogens is 1. The SMILES string of the molecule is CC(C)(F)c1nc(-c2ccc(N3CC4CC3CN4C(=O)C3CCOCC3)nc2)no1. The Morgan fingerprint density at radius 2 is 2.00 bits per heavy atom. The molecule has 5 rings (SSSR count). The number of likely N-dealkylation sites (tertiary alicyclic amines) is 1. The number of anilines is 1. The summed E-state index contributed by atoms with van der Waals surface area (Å²) in [5.41, 5.74) is -1.000. The highest BCUT2D eigenvalue weighted by Gasteiger charge is 2.47. The second-order valence-corrected chi connectivity index (χ2v) is 8.87. The van der Waals surface area contributed by atoms with Crippen LogP contribution in [-0.4, -0.2) is 64.3 Å². The number of carbonyl (C=O) groups excluding carboxylic acids is 1. The molecule has 160 valence electrons. The number of pyridine rings is 1. The van der Waals surface area contributed by atoms with Gasteiger partial charge in [0.05, 0.1) is 12.1 Å². The molecule has 5 heterocycles. The first-order chi connectivity index (χ1) is 14.4. The summed E-state index contributed by atoms with van der Waals surface area (Å²) >= 11 is 0. The summed E-state index contributed by atoms with van der Waals surface area (Å²) in [6.07, 6.45) is 4.33. The molecule has 2 aromatic rings. The van der Waals surface area contributed by atoms with Gasteiger partial charge in [-0.1, -0.05) is 5.16 Å². The van der Waals surface area contributed by atoms with Gasteiger partial charge in [0, 0.05) is 44.0 Å². The fourth-order valence-electron chi connectivity index (χ4n) is 4.67. The number of piperazine rings is 1. The Balaban J connectivity index is 1.25. The Morgan fingerprint density at radius 1 is 1.20 bits per heavy atom. The lowest BCUT2D eigenvalue weighted by molar-refractivity contribution is -0.139. The van der Waals surface area contributed by atoms with Crippen molar-refractivity contribution in [3.05, 3.63) is 24.2 Å². The summed E-state index contributed by atoms with van der Waals surface area (Å²) in [7, 11) is 0. The van der Waals surface area contributed by atoms with Crippen molar-refractivity contribution in [1.82, 2.24) is 20.0 Å². The lowest BCUT2D eigenvalue weighted by Gasteiger charge is -2.37. The molecule has 3 saturated heterocycles. The predicted octanol–water partition coefficient (Wildman–Crippen LogP) is 2.55. The minimum absolute atomic E-state index is 0.0484. The number of rotatable bonds is 4. The number of nitrogens with zero attached hydrogens (tertiary/aromatic N) is 5. The summed E-state index contributed by atoms with van der Waals surface area (Å²) in [6.45, 7) is 5.68. The molecule has 0 N–H and O–H groups in total. The topological polar surface area (TPSA) is 84.6 Å². The van der Waals surface area contributed by atoms with E-state index in [4.69, 9.17) is 9.26 Å². The number of amides is 1. The van der Waals surface area contributed by atoms with Crippen LogP contribution in [0.25, 0.3) is 11.4 Å². The van der Waals surface area contributed by atoms with Gasteiger partial charge in [0.15, 0.2) is 5.67 Å². The summed E-state index contributed by atoms with van der Waals surface area (Å²) in [5, 5.41) is 3.86. The Hall–Kier alpha value is -2.55. The van der Waals surface area contributed by atoms with Crippen molar-refractivity contribution < 1.29 is 18.4 Å². The molecule has 0 radical (unpaired) electrons. The van der Waals surface area contributed by atoms with E-state index in [9.17, 15) is 9.18 Å². The number of carbonyl (C=O) groups is 1. The van der Waals surface area contributed by atoms with Crippen LogP contribution in [0.4, 0.5) is 10.2 Å². The summed E-state index contributed by atoms with van der Waals surface area (Å²) in [5.74, 6) is 1.55. The van der Waals surface area contributed by atoms with Crippen molar-refractivity contribution in [3.63, 3.8) is 0 Å². The third kappa shape index (κ3) is 3.45.